The second-order valence-corrected chi connectivity index (χ2v) is 6.48. The molecule has 0 aliphatic heterocycles. The minimum Gasteiger partial charge on any atom is -0.476 e. The molecule has 134 valence electrons. The number of benzene rings is 2. The van der Waals surface area contributed by atoms with Crippen molar-refractivity contribution in [3.8, 4) is 5.88 Å². The predicted molar refractivity (Wildman–Crippen MR) is 106 cm³/mol. The van der Waals surface area contributed by atoms with Crippen LogP contribution in [0.4, 0.5) is 0 Å². The molecular weight excluding hydrogens is 357 g/mol. The van der Waals surface area contributed by atoms with Crippen LogP contribution in [0.3, 0.4) is 0 Å². The molecule has 3 aromatic rings. The standard InChI is InChI=1S/C19H22ClN3O.ClH/c1-22(2)12-7-13-24-19-16-9-4-6-11-18(16)23(21-19)14-15-8-3-5-10-17(15)20;/h3-6,8-11H,7,12-14H2,1-2H3;1H. The summed E-state index contributed by atoms with van der Waals surface area (Å²) in [4.78, 5) is 2.15. The normalized spacial score (nSPS) is 10.9. The van der Waals surface area contributed by atoms with Crippen molar-refractivity contribution < 1.29 is 4.74 Å². The van der Waals surface area contributed by atoms with Crippen LogP contribution in [0, 0.1) is 0 Å². The summed E-state index contributed by atoms with van der Waals surface area (Å²) in [6.07, 6.45) is 0.971. The zero-order chi connectivity index (χ0) is 16.9. The highest BCUT2D eigenvalue weighted by Crippen LogP contribution is 2.26. The highest BCUT2D eigenvalue weighted by atomic mass is 35.5. The third-order valence-electron chi connectivity index (χ3n) is 3.89. The van der Waals surface area contributed by atoms with Gasteiger partial charge in [0.1, 0.15) is 0 Å². The van der Waals surface area contributed by atoms with Crippen molar-refractivity contribution in [2.24, 2.45) is 0 Å². The summed E-state index contributed by atoms with van der Waals surface area (Å²) < 4.78 is 7.88. The first-order valence-electron chi connectivity index (χ1n) is 8.11. The fourth-order valence-electron chi connectivity index (χ4n) is 2.66. The molecular formula is C19H23Cl2N3O. The lowest BCUT2D eigenvalue weighted by Gasteiger charge is -2.09. The van der Waals surface area contributed by atoms with E-state index >= 15 is 0 Å². The van der Waals surface area contributed by atoms with Crippen molar-refractivity contribution in [1.29, 1.82) is 0 Å². The molecule has 0 N–H and O–H groups in total. The Kier molecular flexibility index (Phi) is 7.12. The molecule has 1 aromatic heterocycles. The number of halogens is 2. The smallest absolute Gasteiger partial charge is 0.240 e. The third-order valence-corrected chi connectivity index (χ3v) is 4.26. The number of hydrogen-bond acceptors (Lipinski definition) is 3. The second kappa shape index (κ2) is 9.09. The van der Waals surface area contributed by atoms with Gasteiger partial charge in [-0.05, 0) is 44.3 Å². The Morgan fingerprint density at radius 1 is 1.08 bits per heavy atom. The first-order valence-corrected chi connectivity index (χ1v) is 8.49. The zero-order valence-electron chi connectivity index (χ0n) is 14.5. The Bertz CT molecular complexity index is 817. The summed E-state index contributed by atoms with van der Waals surface area (Å²) in [5.74, 6) is 0.691. The van der Waals surface area contributed by atoms with Gasteiger partial charge in [-0.1, -0.05) is 41.9 Å². The van der Waals surface area contributed by atoms with Crippen molar-refractivity contribution in [2.45, 2.75) is 13.0 Å². The molecule has 2 aromatic carbocycles. The molecule has 0 radical (unpaired) electrons. The number of fused-ring (bicyclic) bond motifs is 1. The number of nitrogens with zero attached hydrogens (tertiary/aromatic N) is 3. The maximum atomic E-state index is 6.29. The lowest BCUT2D eigenvalue weighted by Crippen LogP contribution is -2.15. The predicted octanol–water partition coefficient (Wildman–Crippen LogP) is 4.49. The molecule has 25 heavy (non-hydrogen) atoms. The topological polar surface area (TPSA) is 30.3 Å². The Morgan fingerprint density at radius 2 is 1.80 bits per heavy atom. The van der Waals surface area contributed by atoms with E-state index in [9.17, 15) is 0 Å². The van der Waals surface area contributed by atoms with Gasteiger partial charge in [0.05, 0.1) is 24.1 Å². The average Bonchev–Trinajstić information content (AvgIpc) is 2.92. The molecule has 6 heteroatoms. The molecule has 0 bridgehead atoms. The van der Waals surface area contributed by atoms with E-state index in [1.54, 1.807) is 0 Å². The quantitative estimate of drug-likeness (QED) is 0.566. The number of aromatic nitrogens is 2. The van der Waals surface area contributed by atoms with Crippen LogP contribution in [0.25, 0.3) is 10.9 Å². The second-order valence-electron chi connectivity index (χ2n) is 6.08. The molecule has 4 nitrogen and oxygen atoms in total. The van der Waals surface area contributed by atoms with Crippen LogP contribution in [-0.4, -0.2) is 41.9 Å². The van der Waals surface area contributed by atoms with Crippen molar-refractivity contribution in [2.75, 3.05) is 27.2 Å². The zero-order valence-corrected chi connectivity index (χ0v) is 16.1. The van der Waals surface area contributed by atoms with Crippen LogP contribution < -0.4 is 4.74 Å². The Hall–Kier alpha value is -1.75. The van der Waals surface area contributed by atoms with Crippen LogP contribution >= 0.6 is 24.0 Å². The summed E-state index contributed by atoms with van der Waals surface area (Å²) in [5, 5.41) is 6.46. The lowest BCUT2D eigenvalue weighted by atomic mass is 10.2. The molecule has 0 spiro atoms. The van der Waals surface area contributed by atoms with E-state index in [0.717, 1.165) is 34.5 Å². The molecule has 0 saturated carbocycles. The number of ether oxygens (including phenoxy) is 1. The van der Waals surface area contributed by atoms with Crippen molar-refractivity contribution in [1.82, 2.24) is 14.7 Å². The Balaban J connectivity index is 0.00000225. The third kappa shape index (κ3) is 4.88. The van der Waals surface area contributed by atoms with Crippen molar-refractivity contribution in [3.05, 3.63) is 59.1 Å². The van der Waals surface area contributed by atoms with Gasteiger partial charge in [-0.2, -0.15) is 0 Å². The fourth-order valence-corrected chi connectivity index (χ4v) is 2.86. The van der Waals surface area contributed by atoms with Gasteiger partial charge in [0.2, 0.25) is 5.88 Å². The highest BCUT2D eigenvalue weighted by molar-refractivity contribution is 6.31. The molecule has 0 amide bonds. The first-order chi connectivity index (χ1) is 11.6. The molecule has 0 unspecified atom stereocenters. The molecule has 0 fully saturated rings. The maximum Gasteiger partial charge on any atom is 0.240 e. The van der Waals surface area contributed by atoms with E-state index in [-0.39, 0.29) is 12.4 Å². The minimum absolute atomic E-state index is 0. The summed E-state index contributed by atoms with van der Waals surface area (Å²) in [7, 11) is 4.13. The summed E-state index contributed by atoms with van der Waals surface area (Å²) in [6.45, 7) is 2.28. The van der Waals surface area contributed by atoms with Gasteiger partial charge in [-0.3, -0.25) is 4.68 Å². The van der Waals surface area contributed by atoms with Crippen LogP contribution in [-0.2, 0) is 6.54 Å². The molecule has 3 rings (SSSR count). The van der Waals surface area contributed by atoms with E-state index in [4.69, 9.17) is 16.3 Å². The summed E-state index contributed by atoms with van der Waals surface area (Å²) >= 11 is 6.29. The highest BCUT2D eigenvalue weighted by Gasteiger charge is 2.12. The van der Waals surface area contributed by atoms with E-state index in [1.165, 1.54) is 0 Å². The van der Waals surface area contributed by atoms with Gasteiger partial charge in [0.15, 0.2) is 0 Å². The van der Waals surface area contributed by atoms with Crippen LogP contribution in [0.2, 0.25) is 5.02 Å². The van der Waals surface area contributed by atoms with E-state index in [2.05, 4.69) is 30.2 Å². The molecule has 1 heterocycles. The molecule has 0 aliphatic rings. The Labute approximate surface area is 159 Å². The maximum absolute atomic E-state index is 6.29. The van der Waals surface area contributed by atoms with Crippen molar-refractivity contribution >= 4 is 34.9 Å². The summed E-state index contributed by atoms with van der Waals surface area (Å²) in [5.41, 5.74) is 2.10. The van der Waals surface area contributed by atoms with Gasteiger partial charge in [-0.25, -0.2) is 0 Å². The molecule has 0 atom stereocenters. The largest absolute Gasteiger partial charge is 0.476 e. The molecule has 0 saturated heterocycles. The number of rotatable bonds is 7. The minimum atomic E-state index is 0. The van der Waals surface area contributed by atoms with E-state index in [1.807, 2.05) is 47.1 Å². The van der Waals surface area contributed by atoms with Crippen LogP contribution in [0.5, 0.6) is 5.88 Å². The van der Waals surface area contributed by atoms with Crippen LogP contribution in [0.1, 0.15) is 12.0 Å². The number of para-hydroxylation sites is 1. The van der Waals surface area contributed by atoms with E-state index in [0.29, 0.717) is 19.0 Å². The fraction of sp³-hybridized carbons (Fsp3) is 0.316. The van der Waals surface area contributed by atoms with Crippen molar-refractivity contribution in [3.63, 3.8) is 0 Å². The summed E-state index contributed by atoms with van der Waals surface area (Å²) in [6, 6.07) is 16.0. The first kappa shape index (κ1) is 19.6. The van der Waals surface area contributed by atoms with Gasteiger partial charge >= 0.3 is 0 Å². The number of hydrogen-bond donors (Lipinski definition) is 0. The monoisotopic (exact) mass is 379 g/mol. The van der Waals surface area contributed by atoms with Gasteiger partial charge in [-0.15, -0.1) is 17.5 Å². The lowest BCUT2D eigenvalue weighted by molar-refractivity contribution is 0.273. The average molecular weight is 380 g/mol. The van der Waals surface area contributed by atoms with Gasteiger partial charge < -0.3 is 9.64 Å². The van der Waals surface area contributed by atoms with Gasteiger partial charge in [0.25, 0.3) is 0 Å². The van der Waals surface area contributed by atoms with Crippen LogP contribution in [0.15, 0.2) is 48.5 Å². The van der Waals surface area contributed by atoms with Gasteiger partial charge in [0, 0.05) is 11.6 Å². The van der Waals surface area contributed by atoms with E-state index < -0.39 is 0 Å². The Morgan fingerprint density at radius 3 is 2.56 bits per heavy atom. The SMILES string of the molecule is CN(C)CCCOc1nn(Cc2ccccc2Cl)c2ccccc12.Cl. The molecule has 0 aliphatic carbocycles.